The van der Waals surface area contributed by atoms with E-state index in [9.17, 15) is 4.39 Å². The van der Waals surface area contributed by atoms with Crippen LogP contribution in [0.3, 0.4) is 0 Å². The molecule has 5 nitrogen and oxygen atoms in total. The third kappa shape index (κ3) is 5.24. The average molecular weight is 760 g/mol. The van der Waals surface area contributed by atoms with Gasteiger partial charge in [0.1, 0.15) is 11.6 Å². The van der Waals surface area contributed by atoms with E-state index in [1.165, 1.54) is 11.6 Å². The number of pyridine rings is 1. The predicted octanol–water partition coefficient (Wildman–Crippen LogP) is 8.99. The molecule has 0 spiro atoms. The number of fused-ring (bicyclic) bond motifs is 3. The predicted molar refractivity (Wildman–Crippen MR) is 169 cm³/mol. The minimum absolute atomic E-state index is 0. The van der Waals surface area contributed by atoms with E-state index < -0.39 is 0 Å². The van der Waals surface area contributed by atoms with Crippen molar-refractivity contribution in [3.05, 3.63) is 132 Å². The topological polar surface area (TPSA) is 44.9 Å². The SMILES string of the molecule is CCc1nn(-c2[c-]c(Oc3[c-]c4c(cc3)c3cc(F)ccc3n4-c3cc(C)ccn3)ccc2)c(CC)c1-c1ccccc1.[Pt+2]. The van der Waals surface area contributed by atoms with Crippen molar-refractivity contribution in [3.63, 3.8) is 0 Å². The molecule has 7 aromatic rings. The van der Waals surface area contributed by atoms with Gasteiger partial charge in [-0.25, -0.2) is 9.37 Å². The van der Waals surface area contributed by atoms with Gasteiger partial charge < -0.3 is 9.30 Å². The summed E-state index contributed by atoms with van der Waals surface area (Å²) in [6.07, 6.45) is 3.42. The summed E-state index contributed by atoms with van der Waals surface area (Å²) >= 11 is 0. The maximum atomic E-state index is 14.3. The van der Waals surface area contributed by atoms with Crippen LogP contribution in [0.15, 0.2) is 97.2 Å². The molecule has 0 fully saturated rings. The first-order chi connectivity index (χ1) is 21.0. The summed E-state index contributed by atoms with van der Waals surface area (Å²) < 4.78 is 24.6. The molecule has 0 aliphatic carbocycles. The Morgan fingerprint density at radius 2 is 1.64 bits per heavy atom. The molecule has 0 aliphatic heterocycles. The van der Waals surface area contributed by atoms with Crippen molar-refractivity contribution < 1.29 is 30.2 Å². The maximum absolute atomic E-state index is 14.3. The number of ether oxygens (including phenoxy) is 1. The normalized spacial score (nSPS) is 11.2. The zero-order valence-electron chi connectivity index (χ0n) is 24.5. The molecule has 0 aliphatic rings. The summed E-state index contributed by atoms with van der Waals surface area (Å²) in [5, 5.41) is 6.66. The van der Waals surface area contributed by atoms with E-state index in [4.69, 9.17) is 9.84 Å². The molecule has 0 N–H and O–H groups in total. The van der Waals surface area contributed by atoms with E-state index in [1.54, 1.807) is 18.3 Å². The molecule has 7 rings (SSSR count). The molecule has 0 bridgehead atoms. The average Bonchev–Trinajstić information content (AvgIpc) is 3.56. The van der Waals surface area contributed by atoms with Crippen LogP contribution in [0.1, 0.15) is 30.8 Å². The molecule has 0 saturated heterocycles. The van der Waals surface area contributed by atoms with Gasteiger partial charge in [-0.3, -0.25) is 4.68 Å². The second-order valence-electron chi connectivity index (χ2n) is 10.5. The third-order valence-electron chi connectivity index (χ3n) is 7.73. The van der Waals surface area contributed by atoms with Crippen molar-refractivity contribution in [2.45, 2.75) is 33.6 Å². The van der Waals surface area contributed by atoms with Crippen LogP contribution in [-0.2, 0) is 33.9 Å². The maximum Gasteiger partial charge on any atom is 2.00 e. The van der Waals surface area contributed by atoms with Crippen molar-refractivity contribution >= 4 is 21.8 Å². The van der Waals surface area contributed by atoms with E-state index in [1.807, 2.05) is 64.7 Å². The Morgan fingerprint density at radius 1 is 0.818 bits per heavy atom. The van der Waals surface area contributed by atoms with Crippen LogP contribution < -0.4 is 4.74 Å². The first-order valence-corrected chi connectivity index (χ1v) is 14.5. The van der Waals surface area contributed by atoms with Gasteiger partial charge in [-0.2, -0.15) is 17.2 Å². The number of rotatable bonds is 7. The molecule has 3 aromatic heterocycles. The summed E-state index contributed by atoms with van der Waals surface area (Å²) in [6, 6.07) is 35.7. The molecule has 0 saturated carbocycles. The van der Waals surface area contributed by atoms with Gasteiger partial charge in [0, 0.05) is 34.5 Å². The number of benzene rings is 4. The largest absolute Gasteiger partial charge is 2.00 e. The summed E-state index contributed by atoms with van der Waals surface area (Å²) in [5.41, 5.74) is 8.01. The van der Waals surface area contributed by atoms with Crippen LogP contribution in [0.4, 0.5) is 4.39 Å². The molecule has 0 atom stereocenters. The monoisotopic (exact) mass is 759 g/mol. The Labute approximate surface area is 270 Å². The molecule has 44 heavy (non-hydrogen) atoms. The van der Waals surface area contributed by atoms with Crippen molar-refractivity contribution in [2.24, 2.45) is 0 Å². The fourth-order valence-corrected chi connectivity index (χ4v) is 5.79. The number of hydrogen-bond donors (Lipinski definition) is 0. The van der Waals surface area contributed by atoms with Gasteiger partial charge in [0.25, 0.3) is 0 Å². The third-order valence-corrected chi connectivity index (χ3v) is 7.73. The molecular formula is C37H29FN4OPt. The molecular weight excluding hydrogens is 731 g/mol. The van der Waals surface area contributed by atoms with Crippen molar-refractivity contribution in [1.29, 1.82) is 0 Å². The van der Waals surface area contributed by atoms with Gasteiger partial charge in [0.2, 0.25) is 0 Å². The molecule has 4 aromatic carbocycles. The molecule has 0 unspecified atom stereocenters. The first-order valence-electron chi connectivity index (χ1n) is 14.5. The molecule has 3 heterocycles. The number of halogens is 1. The second kappa shape index (κ2) is 12.2. The quantitative estimate of drug-likeness (QED) is 0.153. The summed E-state index contributed by atoms with van der Waals surface area (Å²) in [5.74, 6) is 1.52. The second-order valence-corrected chi connectivity index (χ2v) is 10.5. The van der Waals surface area contributed by atoms with Crippen LogP contribution in [0, 0.1) is 24.9 Å². The molecule has 0 radical (unpaired) electrons. The minimum Gasteiger partial charge on any atom is -0.509 e. The van der Waals surface area contributed by atoms with E-state index in [2.05, 4.69) is 55.2 Å². The Hall–Kier alpha value is -4.54. The Kier molecular flexibility index (Phi) is 8.20. The van der Waals surface area contributed by atoms with Crippen LogP contribution in [-0.4, -0.2) is 19.3 Å². The zero-order valence-corrected chi connectivity index (χ0v) is 26.8. The molecule has 220 valence electrons. The summed E-state index contributed by atoms with van der Waals surface area (Å²) in [4.78, 5) is 4.61. The van der Waals surface area contributed by atoms with Gasteiger partial charge >= 0.3 is 21.1 Å². The Balaban J connectivity index is 0.00000343. The van der Waals surface area contributed by atoms with Crippen LogP contribution in [0.5, 0.6) is 11.5 Å². The number of aromatic nitrogens is 4. The van der Waals surface area contributed by atoms with Crippen LogP contribution in [0.2, 0.25) is 0 Å². The summed E-state index contributed by atoms with van der Waals surface area (Å²) in [6.45, 7) is 6.31. The number of nitrogens with zero attached hydrogens (tertiary/aromatic N) is 4. The Bertz CT molecular complexity index is 2120. The summed E-state index contributed by atoms with van der Waals surface area (Å²) in [7, 11) is 0. The number of hydrogen-bond acceptors (Lipinski definition) is 3. The zero-order chi connectivity index (χ0) is 29.5. The van der Waals surface area contributed by atoms with Gasteiger partial charge in [-0.05, 0) is 72.3 Å². The Morgan fingerprint density at radius 3 is 2.41 bits per heavy atom. The van der Waals surface area contributed by atoms with Crippen molar-refractivity contribution in [1.82, 2.24) is 19.3 Å². The molecule has 7 heteroatoms. The smallest absolute Gasteiger partial charge is 0.509 e. The van der Waals surface area contributed by atoms with Gasteiger partial charge in [0.05, 0.1) is 5.69 Å². The standard InChI is InChI=1S/C37H29FN4O.Pt/c1-4-32-37(25-10-7-6-8-11-25)33(5-2)42(40-32)27-12-9-13-28(22-27)43-29-15-16-30-31-21-26(38)14-17-34(31)41(35(30)23-29)36-20-24(3)18-19-39-36;/h6-21H,4-5H2,1-3H3;/q-2;+2. The minimum atomic E-state index is -0.290. The van der Waals surface area contributed by atoms with E-state index >= 15 is 0 Å². The van der Waals surface area contributed by atoms with Gasteiger partial charge in [-0.1, -0.05) is 49.7 Å². The van der Waals surface area contributed by atoms with Gasteiger partial charge in [0.15, 0.2) is 0 Å². The van der Waals surface area contributed by atoms with Crippen molar-refractivity contribution in [3.8, 4) is 34.1 Å². The van der Waals surface area contributed by atoms with E-state index in [0.29, 0.717) is 11.5 Å². The van der Waals surface area contributed by atoms with Crippen molar-refractivity contribution in [2.75, 3.05) is 0 Å². The fraction of sp³-hybridized carbons (Fsp3) is 0.135. The number of aryl methyl sites for hydroxylation is 2. The van der Waals surface area contributed by atoms with Crippen LogP contribution >= 0.6 is 0 Å². The fourth-order valence-electron chi connectivity index (χ4n) is 5.79. The molecule has 0 amide bonds. The van der Waals surface area contributed by atoms with E-state index in [0.717, 1.165) is 68.7 Å². The van der Waals surface area contributed by atoms with E-state index in [-0.39, 0.29) is 26.9 Å². The van der Waals surface area contributed by atoms with Crippen LogP contribution in [0.25, 0.3) is 44.4 Å². The first kappa shape index (κ1) is 29.5. The van der Waals surface area contributed by atoms with Gasteiger partial charge in [-0.15, -0.1) is 35.7 Å².